The van der Waals surface area contributed by atoms with Gasteiger partial charge in [0, 0.05) is 24.7 Å². The highest BCUT2D eigenvalue weighted by molar-refractivity contribution is 6.08. The zero-order valence-corrected chi connectivity index (χ0v) is 17.8. The second kappa shape index (κ2) is 9.75. The van der Waals surface area contributed by atoms with Gasteiger partial charge in [-0.05, 0) is 49.7 Å². The molecule has 4 rings (SSSR count). The van der Waals surface area contributed by atoms with Crippen LogP contribution in [0.15, 0.2) is 53.1 Å². The van der Waals surface area contributed by atoms with Crippen LogP contribution < -0.4 is 5.32 Å². The number of rotatable bonds is 7. The van der Waals surface area contributed by atoms with Gasteiger partial charge in [0.15, 0.2) is 5.82 Å². The summed E-state index contributed by atoms with van der Waals surface area (Å²) in [5, 5.41) is 8.43. The molecule has 0 radical (unpaired) electrons. The second-order valence-electron chi connectivity index (χ2n) is 8.03. The summed E-state index contributed by atoms with van der Waals surface area (Å²) in [6.07, 6.45) is 3.63. The number of benzene rings is 2. The summed E-state index contributed by atoms with van der Waals surface area (Å²) in [6.45, 7) is 5.06. The first kappa shape index (κ1) is 21.1. The van der Waals surface area contributed by atoms with Crippen molar-refractivity contribution in [2.24, 2.45) is 0 Å². The highest BCUT2D eigenvalue weighted by atomic mass is 16.5. The zero-order valence-electron chi connectivity index (χ0n) is 17.8. The molecule has 0 unspecified atom stereocenters. The Balaban J connectivity index is 1.52. The average Bonchev–Trinajstić information content (AvgIpc) is 3.20. The van der Waals surface area contributed by atoms with E-state index in [9.17, 15) is 9.59 Å². The third-order valence-electron chi connectivity index (χ3n) is 5.67. The van der Waals surface area contributed by atoms with Crippen molar-refractivity contribution in [1.29, 1.82) is 0 Å². The highest BCUT2D eigenvalue weighted by Gasteiger charge is 2.22. The van der Waals surface area contributed by atoms with Gasteiger partial charge in [0.05, 0.1) is 0 Å². The summed E-state index contributed by atoms with van der Waals surface area (Å²) in [5.74, 6) is 0.543. The lowest BCUT2D eigenvalue weighted by Gasteiger charge is -2.30. The van der Waals surface area contributed by atoms with Crippen LogP contribution >= 0.6 is 0 Å². The Bertz CT molecular complexity index is 1050. The summed E-state index contributed by atoms with van der Waals surface area (Å²) in [7, 11) is 0. The van der Waals surface area contributed by atoms with Crippen molar-refractivity contribution in [3.05, 3.63) is 59.9 Å². The number of piperidine rings is 1. The average molecular weight is 421 g/mol. The van der Waals surface area contributed by atoms with Gasteiger partial charge in [-0.2, -0.15) is 0 Å². The Kier molecular flexibility index (Phi) is 6.62. The fourth-order valence-electron chi connectivity index (χ4n) is 4.06. The SMILES string of the molecule is Cc1cc(NC(=O)CN(CCN2CCCCC2)C(=O)c2cccc3ccccc23)no1. The Morgan fingerprint density at radius 2 is 1.87 bits per heavy atom. The van der Waals surface area contributed by atoms with E-state index >= 15 is 0 Å². The number of carbonyl (C=O) groups is 2. The molecule has 7 heteroatoms. The molecule has 1 aliphatic heterocycles. The third kappa shape index (κ3) is 5.30. The smallest absolute Gasteiger partial charge is 0.254 e. The van der Waals surface area contributed by atoms with Gasteiger partial charge >= 0.3 is 0 Å². The maximum Gasteiger partial charge on any atom is 0.254 e. The van der Waals surface area contributed by atoms with Gasteiger partial charge in [0.25, 0.3) is 5.91 Å². The number of nitrogens with zero attached hydrogens (tertiary/aromatic N) is 3. The van der Waals surface area contributed by atoms with Crippen LogP contribution in [0.25, 0.3) is 10.8 Å². The van der Waals surface area contributed by atoms with Gasteiger partial charge in [-0.3, -0.25) is 9.59 Å². The molecule has 31 heavy (non-hydrogen) atoms. The first-order valence-electron chi connectivity index (χ1n) is 10.8. The largest absolute Gasteiger partial charge is 0.360 e. The van der Waals surface area contributed by atoms with Crippen LogP contribution in [0, 0.1) is 6.92 Å². The number of aromatic nitrogens is 1. The van der Waals surface area contributed by atoms with E-state index in [0.29, 0.717) is 23.7 Å². The summed E-state index contributed by atoms with van der Waals surface area (Å²) >= 11 is 0. The Morgan fingerprint density at radius 3 is 2.65 bits per heavy atom. The number of carbonyl (C=O) groups excluding carboxylic acids is 2. The minimum atomic E-state index is -0.291. The van der Waals surface area contributed by atoms with Crippen molar-refractivity contribution in [1.82, 2.24) is 15.0 Å². The van der Waals surface area contributed by atoms with Gasteiger partial charge < -0.3 is 19.6 Å². The Morgan fingerprint density at radius 1 is 1.10 bits per heavy atom. The summed E-state index contributed by atoms with van der Waals surface area (Å²) in [6, 6.07) is 15.2. The van der Waals surface area contributed by atoms with E-state index in [1.165, 1.54) is 19.3 Å². The first-order chi connectivity index (χ1) is 15.1. The molecule has 162 valence electrons. The first-order valence-corrected chi connectivity index (χ1v) is 10.8. The fourth-order valence-corrected chi connectivity index (χ4v) is 4.06. The molecule has 0 bridgehead atoms. The number of likely N-dealkylation sites (tertiary alicyclic amines) is 1. The number of amides is 2. The molecule has 1 aliphatic rings. The fraction of sp³-hybridized carbons (Fsp3) is 0.375. The van der Waals surface area contributed by atoms with Crippen LogP contribution in [0.1, 0.15) is 35.4 Å². The molecule has 2 heterocycles. The van der Waals surface area contributed by atoms with Crippen LogP contribution in [-0.4, -0.2) is 59.5 Å². The minimum Gasteiger partial charge on any atom is -0.360 e. The van der Waals surface area contributed by atoms with Crippen LogP contribution in [0.4, 0.5) is 5.82 Å². The molecule has 1 saturated heterocycles. The molecule has 0 saturated carbocycles. The number of aryl methyl sites for hydroxylation is 1. The van der Waals surface area contributed by atoms with Crippen molar-refractivity contribution in [2.45, 2.75) is 26.2 Å². The van der Waals surface area contributed by atoms with Gasteiger partial charge in [-0.15, -0.1) is 0 Å². The molecule has 0 spiro atoms. The van der Waals surface area contributed by atoms with E-state index in [1.54, 1.807) is 17.9 Å². The standard InChI is InChI=1S/C24H28N4O3/c1-18-16-22(26-31-18)25-23(29)17-28(15-14-27-12-5-2-6-13-27)24(30)21-11-7-9-19-8-3-4-10-20(19)21/h3-4,7-11,16H,2,5-6,12-15,17H2,1H3,(H,25,26,29). The van der Waals surface area contributed by atoms with E-state index < -0.39 is 0 Å². The van der Waals surface area contributed by atoms with E-state index in [2.05, 4.69) is 15.4 Å². The number of hydrogen-bond acceptors (Lipinski definition) is 5. The molecule has 1 fully saturated rings. The maximum absolute atomic E-state index is 13.5. The number of hydrogen-bond donors (Lipinski definition) is 1. The second-order valence-corrected chi connectivity index (χ2v) is 8.03. The van der Waals surface area contributed by atoms with Crippen LogP contribution in [0.3, 0.4) is 0 Å². The van der Waals surface area contributed by atoms with Crippen molar-refractivity contribution in [3.8, 4) is 0 Å². The van der Waals surface area contributed by atoms with Gasteiger partial charge in [0.2, 0.25) is 5.91 Å². The van der Waals surface area contributed by atoms with Crippen molar-refractivity contribution < 1.29 is 14.1 Å². The normalized spacial score (nSPS) is 14.5. The minimum absolute atomic E-state index is 0.0399. The molecular weight excluding hydrogens is 392 g/mol. The molecular formula is C24H28N4O3. The van der Waals surface area contributed by atoms with E-state index in [-0.39, 0.29) is 18.4 Å². The van der Waals surface area contributed by atoms with E-state index in [4.69, 9.17) is 4.52 Å². The number of nitrogens with one attached hydrogen (secondary N) is 1. The lowest BCUT2D eigenvalue weighted by Crippen LogP contribution is -2.43. The molecule has 7 nitrogen and oxygen atoms in total. The highest BCUT2D eigenvalue weighted by Crippen LogP contribution is 2.20. The predicted molar refractivity (Wildman–Crippen MR) is 120 cm³/mol. The number of fused-ring (bicyclic) bond motifs is 1. The van der Waals surface area contributed by atoms with Gasteiger partial charge in [0.1, 0.15) is 12.3 Å². The maximum atomic E-state index is 13.5. The van der Waals surface area contributed by atoms with Crippen LogP contribution in [-0.2, 0) is 4.79 Å². The monoisotopic (exact) mass is 420 g/mol. The predicted octanol–water partition coefficient (Wildman–Crippen LogP) is 3.70. The Hall–Kier alpha value is -3.19. The lowest BCUT2D eigenvalue weighted by molar-refractivity contribution is -0.117. The molecule has 2 aromatic carbocycles. The van der Waals surface area contributed by atoms with Crippen LogP contribution in [0.2, 0.25) is 0 Å². The van der Waals surface area contributed by atoms with Gasteiger partial charge in [-0.25, -0.2) is 0 Å². The van der Waals surface area contributed by atoms with Crippen LogP contribution in [0.5, 0.6) is 0 Å². The number of anilines is 1. The topological polar surface area (TPSA) is 78.7 Å². The van der Waals surface area contributed by atoms with Crippen molar-refractivity contribution in [3.63, 3.8) is 0 Å². The molecule has 2 amide bonds. The quantitative estimate of drug-likeness (QED) is 0.631. The zero-order chi connectivity index (χ0) is 21.6. The van der Waals surface area contributed by atoms with Gasteiger partial charge in [-0.1, -0.05) is 48.0 Å². The molecule has 3 aromatic rings. The summed E-state index contributed by atoms with van der Waals surface area (Å²) < 4.78 is 5.01. The molecule has 1 N–H and O–H groups in total. The van der Waals surface area contributed by atoms with E-state index in [0.717, 1.165) is 30.4 Å². The summed E-state index contributed by atoms with van der Waals surface area (Å²) in [5.41, 5.74) is 0.613. The lowest BCUT2D eigenvalue weighted by atomic mass is 10.0. The molecule has 1 aromatic heterocycles. The Labute approximate surface area is 182 Å². The summed E-state index contributed by atoms with van der Waals surface area (Å²) in [4.78, 5) is 30.2. The van der Waals surface area contributed by atoms with Crippen molar-refractivity contribution in [2.75, 3.05) is 38.0 Å². The third-order valence-corrected chi connectivity index (χ3v) is 5.67. The molecule has 0 atom stereocenters. The van der Waals surface area contributed by atoms with Crippen molar-refractivity contribution >= 4 is 28.4 Å². The van der Waals surface area contributed by atoms with E-state index in [1.807, 2.05) is 42.5 Å². The molecule has 0 aliphatic carbocycles.